The molecule has 1 aromatic rings. The summed E-state index contributed by atoms with van der Waals surface area (Å²) < 4.78 is 0. The standard InChI is InChI=1S/C9H10ClNO2/c1-5(11)7-3-2-6(10)4-8(7)9(12)13/h2-5H,11H2,1H3,(H,12,13)/t5-/m1/s1. The first-order chi connectivity index (χ1) is 6.02. The van der Waals surface area contributed by atoms with Gasteiger partial charge in [0.05, 0.1) is 5.56 Å². The van der Waals surface area contributed by atoms with Crippen molar-refractivity contribution in [2.24, 2.45) is 5.73 Å². The van der Waals surface area contributed by atoms with E-state index in [0.717, 1.165) is 0 Å². The Balaban J connectivity index is 3.27. The van der Waals surface area contributed by atoms with Crippen molar-refractivity contribution >= 4 is 17.6 Å². The summed E-state index contributed by atoms with van der Waals surface area (Å²) in [5.41, 5.74) is 6.36. The van der Waals surface area contributed by atoms with Crippen LogP contribution in [0.1, 0.15) is 28.9 Å². The number of aromatic carboxylic acids is 1. The number of carbonyl (C=O) groups is 1. The zero-order chi connectivity index (χ0) is 10.0. The number of hydrogen-bond donors (Lipinski definition) is 2. The van der Waals surface area contributed by atoms with Crippen molar-refractivity contribution in [2.45, 2.75) is 13.0 Å². The molecule has 1 aromatic carbocycles. The second-order valence-corrected chi connectivity index (χ2v) is 3.26. The van der Waals surface area contributed by atoms with Gasteiger partial charge in [-0.1, -0.05) is 17.7 Å². The largest absolute Gasteiger partial charge is 0.478 e. The molecule has 0 saturated heterocycles. The van der Waals surface area contributed by atoms with Crippen molar-refractivity contribution in [3.05, 3.63) is 34.3 Å². The smallest absolute Gasteiger partial charge is 0.336 e. The van der Waals surface area contributed by atoms with E-state index in [1.54, 1.807) is 19.1 Å². The van der Waals surface area contributed by atoms with Gasteiger partial charge in [0.2, 0.25) is 0 Å². The van der Waals surface area contributed by atoms with Crippen molar-refractivity contribution in [3.8, 4) is 0 Å². The van der Waals surface area contributed by atoms with Crippen LogP contribution in [0.2, 0.25) is 5.02 Å². The molecule has 0 amide bonds. The minimum absolute atomic E-state index is 0.169. The van der Waals surface area contributed by atoms with Gasteiger partial charge in [-0.05, 0) is 24.6 Å². The molecule has 3 N–H and O–H groups in total. The highest BCUT2D eigenvalue weighted by Crippen LogP contribution is 2.20. The molecule has 0 aromatic heterocycles. The molecule has 0 spiro atoms. The van der Waals surface area contributed by atoms with Crippen LogP contribution in [0.15, 0.2) is 18.2 Å². The van der Waals surface area contributed by atoms with E-state index < -0.39 is 5.97 Å². The third-order valence-electron chi connectivity index (χ3n) is 1.74. The summed E-state index contributed by atoms with van der Waals surface area (Å²) in [6, 6.07) is 4.37. The van der Waals surface area contributed by atoms with Crippen LogP contribution in [0.4, 0.5) is 0 Å². The SMILES string of the molecule is C[C@@H](N)c1ccc(Cl)cc1C(=O)O. The van der Waals surface area contributed by atoms with E-state index in [1.165, 1.54) is 6.07 Å². The van der Waals surface area contributed by atoms with Gasteiger partial charge in [-0.15, -0.1) is 0 Å². The van der Waals surface area contributed by atoms with Crippen molar-refractivity contribution < 1.29 is 9.90 Å². The van der Waals surface area contributed by atoms with Crippen molar-refractivity contribution in [3.63, 3.8) is 0 Å². The molecule has 0 aliphatic rings. The molecule has 1 atom stereocenters. The van der Waals surface area contributed by atoms with Gasteiger partial charge in [0.1, 0.15) is 0 Å². The zero-order valence-corrected chi connectivity index (χ0v) is 7.88. The molecule has 0 bridgehead atoms. The fourth-order valence-electron chi connectivity index (χ4n) is 1.11. The summed E-state index contributed by atoms with van der Waals surface area (Å²) in [5, 5.41) is 9.23. The number of halogens is 1. The molecule has 0 unspecified atom stereocenters. The number of benzene rings is 1. The van der Waals surface area contributed by atoms with Crippen LogP contribution in [0.5, 0.6) is 0 Å². The van der Waals surface area contributed by atoms with E-state index in [0.29, 0.717) is 10.6 Å². The number of carboxylic acid groups (broad SMARTS) is 1. The maximum absolute atomic E-state index is 10.8. The predicted molar refractivity (Wildman–Crippen MR) is 51.0 cm³/mol. The second-order valence-electron chi connectivity index (χ2n) is 2.83. The van der Waals surface area contributed by atoms with E-state index in [4.69, 9.17) is 22.4 Å². The topological polar surface area (TPSA) is 63.3 Å². The highest BCUT2D eigenvalue weighted by molar-refractivity contribution is 6.30. The van der Waals surface area contributed by atoms with Gasteiger partial charge >= 0.3 is 5.97 Å². The van der Waals surface area contributed by atoms with E-state index in [2.05, 4.69) is 0 Å². The first-order valence-electron chi connectivity index (χ1n) is 3.80. The molecule has 4 heteroatoms. The number of rotatable bonds is 2. The molecule has 0 saturated carbocycles. The highest BCUT2D eigenvalue weighted by atomic mass is 35.5. The summed E-state index contributed by atoms with van der Waals surface area (Å²) in [6.07, 6.45) is 0. The normalized spacial score (nSPS) is 12.5. The zero-order valence-electron chi connectivity index (χ0n) is 7.12. The van der Waals surface area contributed by atoms with E-state index >= 15 is 0 Å². The Morgan fingerprint density at radius 3 is 2.69 bits per heavy atom. The lowest BCUT2D eigenvalue weighted by molar-refractivity contribution is 0.0695. The van der Waals surface area contributed by atoms with E-state index in [-0.39, 0.29) is 11.6 Å². The van der Waals surface area contributed by atoms with Crippen LogP contribution in [-0.4, -0.2) is 11.1 Å². The Bertz CT molecular complexity index is 336. The second kappa shape index (κ2) is 3.77. The molecule has 3 nitrogen and oxygen atoms in total. The average Bonchev–Trinajstić information content (AvgIpc) is 2.03. The molecule has 13 heavy (non-hydrogen) atoms. The Morgan fingerprint density at radius 1 is 1.62 bits per heavy atom. The average molecular weight is 200 g/mol. The Morgan fingerprint density at radius 2 is 2.23 bits per heavy atom. The summed E-state index contributed by atoms with van der Waals surface area (Å²) in [7, 11) is 0. The number of nitrogens with two attached hydrogens (primary N) is 1. The molecule has 0 heterocycles. The minimum atomic E-state index is -1.00. The molecule has 1 rings (SSSR count). The summed E-state index contributed by atoms with van der Waals surface area (Å²) in [4.78, 5) is 10.8. The maximum atomic E-state index is 10.8. The van der Waals surface area contributed by atoms with Crippen molar-refractivity contribution in [1.29, 1.82) is 0 Å². The van der Waals surface area contributed by atoms with Gasteiger partial charge in [0, 0.05) is 11.1 Å². The molecular formula is C9H10ClNO2. The molecule has 0 fully saturated rings. The van der Waals surface area contributed by atoms with Crippen LogP contribution < -0.4 is 5.73 Å². The van der Waals surface area contributed by atoms with Crippen LogP contribution in [-0.2, 0) is 0 Å². The molecule has 0 aliphatic heterocycles. The summed E-state index contributed by atoms with van der Waals surface area (Å²) in [5.74, 6) is -1.00. The Kier molecular flexibility index (Phi) is 2.90. The summed E-state index contributed by atoms with van der Waals surface area (Å²) in [6.45, 7) is 1.73. The maximum Gasteiger partial charge on any atom is 0.336 e. The number of hydrogen-bond acceptors (Lipinski definition) is 2. The monoisotopic (exact) mass is 199 g/mol. The van der Waals surface area contributed by atoms with Gasteiger partial charge in [-0.2, -0.15) is 0 Å². The van der Waals surface area contributed by atoms with Gasteiger partial charge in [-0.25, -0.2) is 4.79 Å². The van der Waals surface area contributed by atoms with Gasteiger partial charge in [0.15, 0.2) is 0 Å². The fraction of sp³-hybridized carbons (Fsp3) is 0.222. The lowest BCUT2D eigenvalue weighted by Crippen LogP contribution is -2.11. The third kappa shape index (κ3) is 2.20. The lowest BCUT2D eigenvalue weighted by atomic mass is 10.0. The van der Waals surface area contributed by atoms with E-state index in [1.807, 2.05) is 0 Å². The first-order valence-corrected chi connectivity index (χ1v) is 4.18. The molecule has 0 aliphatic carbocycles. The Hall–Kier alpha value is -1.06. The predicted octanol–water partition coefficient (Wildman–Crippen LogP) is 2.06. The quantitative estimate of drug-likeness (QED) is 0.767. The molecule has 0 radical (unpaired) electrons. The van der Waals surface area contributed by atoms with Crippen LogP contribution in [0.3, 0.4) is 0 Å². The first kappa shape index (κ1) is 10.0. The van der Waals surface area contributed by atoms with Crippen LogP contribution in [0.25, 0.3) is 0 Å². The number of carboxylic acids is 1. The van der Waals surface area contributed by atoms with Gasteiger partial charge in [0.25, 0.3) is 0 Å². The van der Waals surface area contributed by atoms with Crippen LogP contribution in [0, 0.1) is 0 Å². The summed E-state index contributed by atoms with van der Waals surface area (Å²) >= 11 is 5.66. The fourth-order valence-corrected chi connectivity index (χ4v) is 1.28. The lowest BCUT2D eigenvalue weighted by Gasteiger charge is -2.09. The third-order valence-corrected chi connectivity index (χ3v) is 1.97. The van der Waals surface area contributed by atoms with Gasteiger partial charge < -0.3 is 10.8 Å². The van der Waals surface area contributed by atoms with Crippen molar-refractivity contribution in [2.75, 3.05) is 0 Å². The van der Waals surface area contributed by atoms with E-state index in [9.17, 15) is 4.79 Å². The minimum Gasteiger partial charge on any atom is -0.478 e. The van der Waals surface area contributed by atoms with Crippen molar-refractivity contribution in [1.82, 2.24) is 0 Å². The molecular weight excluding hydrogens is 190 g/mol. The van der Waals surface area contributed by atoms with Gasteiger partial charge in [-0.3, -0.25) is 0 Å². The Labute approximate surface area is 81.1 Å². The van der Waals surface area contributed by atoms with Crippen LogP contribution >= 0.6 is 11.6 Å². The molecule has 70 valence electrons. The highest BCUT2D eigenvalue weighted by Gasteiger charge is 2.12.